The summed E-state index contributed by atoms with van der Waals surface area (Å²) in [6.45, 7) is 0.845. The third-order valence-corrected chi connectivity index (χ3v) is 3.53. The second-order valence-electron chi connectivity index (χ2n) is 4.51. The summed E-state index contributed by atoms with van der Waals surface area (Å²) in [6.07, 6.45) is 2.59. The topological polar surface area (TPSA) is 71.0 Å². The molecule has 1 aliphatic heterocycles. The third-order valence-electron chi connectivity index (χ3n) is 3.03. The smallest absolute Gasteiger partial charge is 0.273 e. The van der Waals surface area contributed by atoms with Crippen LogP contribution in [0.4, 0.5) is 0 Å². The molecule has 2 heterocycles. The van der Waals surface area contributed by atoms with Crippen LogP contribution in [0, 0.1) is 0 Å². The highest BCUT2D eigenvalue weighted by molar-refractivity contribution is 9.10. The summed E-state index contributed by atoms with van der Waals surface area (Å²) in [5, 5.41) is 7.17. The van der Waals surface area contributed by atoms with Crippen molar-refractivity contribution in [3.8, 4) is 5.69 Å². The minimum atomic E-state index is -0.181. The first kappa shape index (κ1) is 13.3. The lowest BCUT2D eigenvalue weighted by atomic mass is 10.3. The molecule has 1 atom stereocenters. The number of nitrogens with one attached hydrogen (secondary N) is 3. The van der Waals surface area contributed by atoms with E-state index in [9.17, 15) is 4.79 Å². The number of hydrogen-bond acceptors (Lipinski definition) is 4. The fourth-order valence-corrected chi connectivity index (χ4v) is 2.42. The molecule has 1 aliphatic rings. The average Bonchev–Trinajstić information content (AvgIpc) is 3.09. The summed E-state index contributed by atoms with van der Waals surface area (Å²) in [4.78, 5) is 12.0. The maximum atomic E-state index is 12.0. The molecule has 104 valence electrons. The number of halogens is 1. The van der Waals surface area contributed by atoms with Gasteiger partial charge in [-0.05, 0) is 30.7 Å². The monoisotopic (exact) mass is 335 g/mol. The van der Waals surface area contributed by atoms with Gasteiger partial charge >= 0.3 is 0 Å². The number of aromatic nitrogens is 2. The van der Waals surface area contributed by atoms with Crippen LogP contribution in [0.5, 0.6) is 0 Å². The Morgan fingerprint density at radius 2 is 2.35 bits per heavy atom. The minimum Gasteiger partial charge on any atom is -0.334 e. The van der Waals surface area contributed by atoms with Crippen molar-refractivity contribution in [2.24, 2.45) is 0 Å². The maximum Gasteiger partial charge on any atom is 0.273 e. The highest BCUT2D eigenvalue weighted by atomic mass is 79.9. The zero-order chi connectivity index (χ0) is 13.9. The third kappa shape index (κ3) is 2.90. The van der Waals surface area contributed by atoms with Crippen LogP contribution in [-0.2, 0) is 0 Å². The summed E-state index contributed by atoms with van der Waals surface area (Å²) < 4.78 is 2.65. The van der Waals surface area contributed by atoms with Gasteiger partial charge in [0.1, 0.15) is 0 Å². The number of amides is 1. The SMILES string of the molecule is O=C(NC1CCNN1)c1ccn(-c2cccc(Br)c2)n1. The molecule has 1 aromatic heterocycles. The Balaban J connectivity index is 1.74. The molecule has 0 radical (unpaired) electrons. The minimum absolute atomic E-state index is 0.0430. The zero-order valence-electron chi connectivity index (χ0n) is 10.6. The molecular weight excluding hydrogens is 322 g/mol. The number of carbonyl (C=O) groups is 1. The number of carbonyl (C=O) groups excluding carboxylic acids is 1. The van der Waals surface area contributed by atoms with Crippen LogP contribution in [0.1, 0.15) is 16.9 Å². The molecule has 0 saturated carbocycles. The van der Waals surface area contributed by atoms with Crippen molar-refractivity contribution < 1.29 is 4.79 Å². The van der Waals surface area contributed by atoms with Gasteiger partial charge in [0.2, 0.25) is 0 Å². The molecule has 6 nitrogen and oxygen atoms in total. The molecule has 1 amide bonds. The molecule has 0 bridgehead atoms. The van der Waals surface area contributed by atoms with Crippen LogP contribution in [0.15, 0.2) is 41.0 Å². The molecule has 1 unspecified atom stereocenters. The first-order chi connectivity index (χ1) is 9.72. The van der Waals surface area contributed by atoms with E-state index in [1.165, 1.54) is 0 Å². The van der Waals surface area contributed by atoms with Crippen molar-refractivity contribution in [1.29, 1.82) is 0 Å². The van der Waals surface area contributed by atoms with E-state index in [0.29, 0.717) is 5.69 Å². The highest BCUT2D eigenvalue weighted by Gasteiger charge is 2.18. The van der Waals surface area contributed by atoms with E-state index in [1.54, 1.807) is 16.9 Å². The van der Waals surface area contributed by atoms with Gasteiger partial charge in [0.25, 0.3) is 5.91 Å². The fraction of sp³-hybridized carbons (Fsp3) is 0.231. The molecule has 3 rings (SSSR count). The van der Waals surface area contributed by atoms with Gasteiger partial charge < -0.3 is 5.32 Å². The second kappa shape index (κ2) is 5.74. The number of rotatable bonds is 3. The van der Waals surface area contributed by atoms with Gasteiger partial charge in [-0.1, -0.05) is 22.0 Å². The predicted molar refractivity (Wildman–Crippen MR) is 78.3 cm³/mol. The summed E-state index contributed by atoms with van der Waals surface area (Å²) >= 11 is 3.42. The Hall–Kier alpha value is -1.70. The van der Waals surface area contributed by atoms with Gasteiger partial charge in [-0.15, -0.1) is 0 Å². The van der Waals surface area contributed by atoms with Gasteiger partial charge in [0, 0.05) is 17.2 Å². The van der Waals surface area contributed by atoms with Gasteiger partial charge in [-0.25, -0.2) is 10.1 Å². The van der Waals surface area contributed by atoms with Crippen molar-refractivity contribution in [2.45, 2.75) is 12.6 Å². The lowest BCUT2D eigenvalue weighted by molar-refractivity contribution is 0.0927. The summed E-state index contributed by atoms with van der Waals surface area (Å²) in [5.41, 5.74) is 7.25. The van der Waals surface area contributed by atoms with Crippen molar-refractivity contribution in [3.63, 3.8) is 0 Å². The Kier molecular flexibility index (Phi) is 3.81. The molecular formula is C13H14BrN5O. The van der Waals surface area contributed by atoms with Crippen LogP contribution in [0.3, 0.4) is 0 Å². The molecule has 2 aromatic rings. The molecule has 0 aliphatic carbocycles. The largest absolute Gasteiger partial charge is 0.334 e. The molecule has 20 heavy (non-hydrogen) atoms. The Morgan fingerprint density at radius 3 is 3.10 bits per heavy atom. The van der Waals surface area contributed by atoms with Gasteiger partial charge in [-0.3, -0.25) is 10.2 Å². The summed E-state index contributed by atoms with van der Waals surface area (Å²) in [6, 6.07) is 9.45. The molecule has 1 aromatic carbocycles. The Morgan fingerprint density at radius 1 is 1.45 bits per heavy atom. The number of benzene rings is 1. The van der Waals surface area contributed by atoms with Crippen LogP contribution in [-0.4, -0.2) is 28.4 Å². The number of hydrazine groups is 1. The molecule has 0 spiro atoms. The van der Waals surface area contributed by atoms with Gasteiger partial charge in [0.15, 0.2) is 5.69 Å². The Labute approximate surface area is 124 Å². The van der Waals surface area contributed by atoms with E-state index in [1.807, 2.05) is 24.3 Å². The van der Waals surface area contributed by atoms with Crippen LogP contribution < -0.4 is 16.2 Å². The van der Waals surface area contributed by atoms with Gasteiger partial charge in [0.05, 0.1) is 11.9 Å². The first-order valence-electron chi connectivity index (χ1n) is 6.33. The normalized spacial score (nSPS) is 18.1. The molecule has 7 heteroatoms. The van der Waals surface area contributed by atoms with Crippen molar-refractivity contribution in [3.05, 3.63) is 46.7 Å². The van der Waals surface area contributed by atoms with Crippen LogP contribution in [0.2, 0.25) is 0 Å². The summed E-state index contributed by atoms with van der Waals surface area (Å²) in [7, 11) is 0. The van der Waals surface area contributed by atoms with Crippen molar-refractivity contribution >= 4 is 21.8 Å². The first-order valence-corrected chi connectivity index (χ1v) is 7.12. The fourth-order valence-electron chi connectivity index (χ4n) is 2.03. The quantitative estimate of drug-likeness (QED) is 0.787. The second-order valence-corrected chi connectivity index (χ2v) is 5.43. The van der Waals surface area contributed by atoms with E-state index in [0.717, 1.165) is 23.1 Å². The molecule has 3 N–H and O–H groups in total. The van der Waals surface area contributed by atoms with Crippen molar-refractivity contribution in [2.75, 3.05) is 6.54 Å². The number of hydrogen-bond donors (Lipinski definition) is 3. The van der Waals surface area contributed by atoms with E-state index in [4.69, 9.17) is 0 Å². The number of nitrogens with zero attached hydrogens (tertiary/aromatic N) is 2. The van der Waals surface area contributed by atoms with Crippen LogP contribution >= 0.6 is 15.9 Å². The van der Waals surface area contributed by atoms with E-state index in [2.05, 4.69) is 37.2 Å². The summed E-state index contributed by atoms with van der Waals surface area (Å²) in [5.74, 6) is -0.181. The van der Waals surface area contributed by atoms with E-state index >= 15 is 0 Å². The van der Waals surface area contributed by atoms with E-state index < -0.39 is 0 Å². The maximum absolute atomic E-state index is 12.0. The zero-order valence-corrected chi connectivity index (χ0v) is 12.2. The average molecular weight is 336 g/mol. The van der Waals surface area contributed by atoms with Crippen LogP contribution in [0.25, 0.3) is 5.69 Å². The van der Waals surface area contributed by atoms with Gasteiger partial charge in [-0.2, -0.15) is 5.10 Å². The standard InChI is InChI=1S/C13H14BrN5O/c14-9-2-1-3-10(8-9)19-7-5-11(18-19)13(20)16-12-4-6-15-17-12/h1-3,5,7-8,12,15,17H,4,6H2,(H,16,20). The van der Waals surface area contributed by atoms with E-state index in [-0.39, 0.29) is 12.1 Å². The lowest BCUT2D eigenvalue weighted by Gasteiger charge is -2.10. The Bertz CT molecular complexity index is 621. The molecule has 1 saturated heterocycles. The predicted octanol–water partition coefficient (Wildman–Crippen LogP) is 1.19. The lowest BCUT2D eigenvalue weighted by Crippen LogP contribution is -2.44. The van der Waals surface area contributed by atoms with Crippen molar-refractivity contribution in [1.82, 2.24) is 25.9 Å². The molecule has 1 fully saturated rings. The highest BCUT2D eigenvalue weighted by Crippen LogP contribution is 2.15.